The number of amides is 1. The highest BCUT2D eigenvalue weighted by molar-refractivity contribution is 7.80. The summed E-state index contributed by atoms with van der Waals surface area (Å²) >= 11 is 10.6. The fraction of sp³-hybridized carbons (Fsp3) is 0.0870. The van der Waals surface area contributed by atoms with Crippen molar-refractivity contribution in [2.24, 2.45) is 0 Å². The van der Waals surface area contributed by atoms with Gasteiger partial charge in [0.2, 0.25) is 0 Å². The van der Waals surface area contributed by atoms with Crippen molar-refractivity contribution < 1.29 is 4.79 Å². The summed E-state index contributed by atoms with van der Waals surface area (Å²) in [4.78, 5) is 12.3. The van der Waals surface area contributed by atoms with Gasteiger partial charge < -0.3 is 16.0 Å². The Hall–Kier alpha value is -3.49. The second-order valence-corrected chi connectivity index (χ2v) is 7.75. The molecule has 158 valence electrons. The average molecular weight is 450 g/mol. The van der Waals surface area contributed by atoms with Gasteiger partial charge in [-0.05, 0) is 97.9 Å². The van der Waals surface area contributed by atoms with E-state index in [-0.39, 0.29) is 5.91 Å². The minimum absolute atomic E-state index is 0.296. The summed E-state index contributed by atoms with van der Waals surface area (Å²) in [7, 11) is 0. The number of anilines is 3. The van der Waals surface area contributed by atoms with Gasteiger partial charge in [-0.3, -0.25) is 15.6 Å². The molecule has 0 aromatic heterocycles. The number of rotatable bonds is 4. The first kappa shape index (κ1) is 22.2. The molecule has 0 atom stereocenters. The van der Waals surface area contributed by atoms with Gasteiger partial charge in [-0.2, -0.15) is 0 Å². The van der Waals surface area contributed by atoms with Crippen molar-refractivity contribution in [2.45, 2.75) is 13.8 Å². The van der Waals surface area contributed by atoms with E-state index in [1.165, 1.54) is 0 Å². The zero-order valence-electron chi connectivity index (χ0n) is 17.2. The Labute approximate surface area is 192 Å². The molecule has 0 aliphatic heterocycles. The first-order valence-electron chi connectivity index (χ1n) is 9.58. The maximum absolute atomic E-state index is 12.3. The molecule has 6 nitrogen and oxygen atoms in total. The fourth-order valence-corrected chi connectivity index (χ4v) is 3.20. The smallest absolute Gasteiger partial charge is 0.269 e. The van der Waals surface area contributed by atoms with Crippen molar-refractivity contribution in [3.63, 3.8) is 0 Å². The van der Waals surface area contributed by atoms with Crippen molar-refractivity contribution in [1.29, 1.82) is 0 Å². The normalized spacial score (nSPS) is 10.0. The van der Waals surface area contributed by atoms with Crippen LogP contribution >= 0.6 is 24.4 Å². The van der Waals surface area contributed by atoms with Gasteiger partial charge in [-0.25, -0.2) is 0 Å². The molecule has 0 unspecified atom stereocenters. The van der Waals surface area contributed by atoms with E-state index in [0.717, 1.165) is 28.2 Å². The Morgan fingerprint density at radius 2 is 1.16 bits per heavy atom. The largest absolute Gasteiger partial charge is 0.332 e. The van der Waals surface area contributed by atoms with Crippen molar-refractivity contribution in [1.82, 2.24) is 10.9 Å². The highest BCUT2D eigenvalue weighted by atomic mass is 32.1. The predicted molar refractivity (Wildman–Crippen MR) is 135 cm³/mol. The predicted octanol–water partition coefficient (Wildman–Crippen LogP) is 4.74. The second-order valence-electron chi connectivity index (χ2n) is 6.93. The lowest BCUT2D eigenvalue weighted by molar-refractivity contribution is 0.0944. The summed E-state index contributed by atoms with van der Waals surface area (Å²) in [6, 6.07) is 22.7. The average Bonchev–Trinajstić information content (AvgIpc) is 2.72. The molecule has 0 fully saturated rings. The van der Waals surface area contributed by atoms with Gasteiger partial charge in [0, 0.05) is 22.6 Å². The topological polar surface area (TPSA) is 77.2 Å². The second kappa shape index (κ2) is 10.5. The molecule has 1 amide bonds. The number of carbonyl (C=O) groups is 1. The van der Waals surface area contributed by atoms with E-state index in [1.54, 1.807) is 24.3 Å². The Balaban J connectivity index is 1.48. The number of hydrazine groups is 1. The molecule has 8 heteroatoms. The van der Waals surface area contributed by atoms with Crippen LogP contribution in [0.15, 0.2) is 72.8 Å². The first-order valence-corrected chi connectivity index (χ1v) is 10.4. The van der Waals surface area contributed by atoms with Crippen molar-refractivity contribution >= 4 is 57.6 Å². The number of benzene rings is 3. The number of thiocarbonyl (C=S) groups is 2. The zero-order chi connectivity index (χ0) is 22.2. The molecule has 0 aliphatic carbocycles. The summed E-state index contributed by atoms with van der Waals surface area (Å²) in [5, 5.41) is 10.0. The summed E-state index contributed by atoms with van der Waals surface area (Å²) < 4.78 is 0. The Kier molecular flexibility index (Phi) is 7.53. The van der Waals surface area contributed by atoms with Gasteiger partial charge in [-0.1, -0.05) is 24.3 Å². The zero-order valence-corrected chi connectivity index (χ0v) is 18.8. The molecule has 0 saturated heterocycles. The van der Waals surface area contributed by atoms with Crippen LogP contribution in [0, 0.1) is 13.8 Å². The number of hydrogen-bond acceptors (Lipinski definition) is 3. The van der Waals surface area contributed by atoms with E-state index in [2.05, 4.69) is 26.8 Å². The Morgan fingerprint density at radius 1 is 0.645 bits per heavy atom. The molecule has 0 aliphatic rings. The third-order valence-corrected chi connectivity index (χ3v) is 4.65. The molecule has 0 saturated carbocycles. The molecular formula is C23H23N5OS2. The quantitative estimate of drug-likeness (QED) is 0.291. The standard InChI is InChI=1S/C23H23N5OS2/c1-15-5-3-7-19(13-15)25-22(30)24-18-11-9-17(10-12-18)21(29)27-28-23(31)26-20-8-4-6-16(2)14-20/h3-14H,1-2H3,(H,27,29)(H2,24,25,30)(H2,26,28,31). The SMILES string of the molecule is Cc1cccc(NC(=S)NNC(=O)c2ccc(NC(=S)Nc3cccc(C)c3)cc2)c1. The summed E-state index contributed by atoms with van der Waals surface area (Å²) in [5.41, 5.74) is 10.5. The van der Waals surface area contributed by atoms with Crippen LogP contribution in [-0.2, 0) is 0 Å². The van der Waals surface area contributed by atoms with Gasteiger partial charge in [0.1, 0.15) is 0 Å². The number of hydrogen-bond donors (Lipinski definition) is 5. The maximum Gasteiger partial charge on any atom is 0.269 e. The lowest BCUT2D eigenvalue weighted by Crippen LogP contribution is -2.43. The lowest BCUT2D eigenvalue weighted by Gasteiger charge is -2.13. The minimum atomic E-state index is -0.305. The molecule has 5 N–H and O–H groups in total. The van der Waals surface area contributed by atoms with E-state index >= 15 is 0 Å². The minimum Gasteiger partial charge on any atom is -0.332 e. The van der Waals surface area contributed by atoms with Crippen LogP contribution in [0.2, 0.25) is 0 Å². The van der Waals surface area contributed by atoms with Gasteiger partial charge >= 0.3 is 0 Å². The first-order chi connectivity index (χ1) is 14.9. The van der Waals surface area contributed by atoms with Crippen LogP contribution in [-0.4, -0.2) is 16.1 Å². The van der Waals surface area contributed by atoms with Crippen LogP contribution in [0.1, 0.15) is 21.5 Å². The van der Waals surface area contributed by atoms with Gasteiger partial charge in [0.25, 0.3) is 5.91 Å². The summed E-state index contributed by atoms with van der Waals surface area (Å²) in [6.45, 7) is 4.01. The molecule has 0 radical (unpaired) electrons. The molecule has 0 spiro atoms. The summed E-state index contributed by atoms with van der Waals surface area (Å²) in [5.74, 6) is -0.305. The third kappa shape index (κ3) is 7.06. The van der Waals surface area contributed by atoms with Crippen LogP contribution in [0.25, 0.3) is 0 Å². The van der Waals surface area contributed by atoms with Crippen molar-refractivity contribution in [3.05, 3.63) is 89.5 Å². The number of nitrogens with one attached hydrogen (secondary N) is 5. The van der Waals surface area contributed by atoms with E-state index in [4.69, 9.17) is 24.4 Å². The molecule has 0 bridgehead atoms. The molecular weight excluding hydrogens is 426 g/mol. The Morgan fingerprint density at radius 3 is 1.71 bits per heavy atom. The maximum atomic E-state index is 12.3. The highest BCUT2D eigenvalue weighted by Gasteiger charge is 2.07. The molecule has 31 heavy (non-hydrogen) atoms. The molecule has 0 heterocycles. The van der Waals surface area contributed by atoms with Gasteiger partial charge in [0.15, 0.2) is 10.2 Å². The van der Waals surface area contributed by atoms with Crippen molar-refractivity contribution in [3.8, 4) is 0 Å². The number of carbonyl (C=O) groups excluding carboxylic acids is 1. The monoisotopic (exact) mass is 449 g/mol. The molecule has 3 aromatic carbocycles. The van der Waals surface area contributed by atoms with E-state index in [0.29, 0.717) is 15.8 Å². The fourth-order valence-electron chi connectivity index (χ4n) is 2.79. The van der Waals surface area contributed by atoms with Crippen molar-refractivity contribution in [2.75, 3.05) is 16.0 Å². The van der Waals surface area contributed by atoms with E-state index < -0.39 is 0 Å². The van der Waals surface area contributed by atoms with Crippen LogP contribution in [0.5, 0.6) is 0 Å². The highest BCUT2D eigenvalue weighted by Crippen LogP contribution is 2.13. The van der Waals surface area contributed by atoms with Crippen LogP contribution in [0.3, 0.4) is 0 Å². The van der Waals surface area contributed by atoms with E-state index in [9.17, 15) is 4.79 Å². The lowest BCUT2D eigenvalue weighted by atomic mass is 10.2. The Bertz CT molecular complexity index is 1100. The third-order valence-electron chi connectivity index (χ3n) is 4.25. The summed E-state index contributed by atoms with van der Waals surface area (Å²) in [6.07, 6.45) is 0. The number of aryl methyl sites for hydroxylation is 2. The van der Waals surface area contributed by atoms with Crippen LogP contribution in [0.4, 0.5) is 17.1 Å². The van der Waals surface area contributed by atoms with Gasteiger partial charge in [-0.15, -0.1) is 0 Å². The van der Waals surface area contributed by atoms with Gasteiger partial charge in [0.05, 0.1) is 0 Å². The molecule has 3 rings (SSSR count). The van der Waals surface area contributed by atoms with Crippen LogP contribution < -0.4 is 26.8 Å². The molecule has 3 aromatic rings. The van der Waals surface area contributed by atoms with E-state index in [1.807, 2.05) is 62.4 Å².